The van der Waals surface area contributed by atoms with Crippen LogP contribution in [0.3, 0.4) is 0 Å². The first-order valence-electron chi connectivity index (χ1n) is 9.86. The second-order valence-corrected chi connectivity index (χ2v) is 10.2. The second kappa shape index (κ2) is 7.99. The number of hydrogen-bond donors (Lipinski definition) is 2. The molecule has 1 aromatic heterocycles. The van der Waals surface area contributed by atoms with Crippen LogP contribution in [0.5, 0.6) is 5.88 Å². The third kappa shape index (κ3) is 4.02. The SMILES string of the molecule is CS(=O)(=O)NC(=O)C1(C2(n3ncc(Cl)c3OC(N)=O)C=CC(c3ccccc3)=C(F)C2)CC1. The van der Waals surface area contributed by atoms with Crippen molar-refractivity contribution >= 4 is 39.2 Å². The van der Waals surface area contributed by atoms with E-state index in [0.717, 1.165) is 10.9 Å². The molecule has 1 fully saturated rings. The Morgan fingerprint density at radius 2 is 1.94 bits per heavy atom. The molecule has 12 heteroatoms. The maximum absolute atomic E-state index is 15.6. The van der Waals surface area contributed by atoms with Gasteiger partial charge in [-0.25, -0.2) is 22.3 Å². The fraction of sp³-hybridized carbons (Fsp3) is 0.286. The number of nitrogens with one attached hydrogen (secondary N) is 1. The number of nitrogens with zero attached hydrogens (tertiary/aromatic N) is 2. The minimum absolute atomic E-state index is 0.0841. The number of rotatable bonds is 6. The molecule has 2 aliphatic rings. The highest BCUT2D eigenvalue weighted by molar-refractivity contribution is 7.89. The first kappa shape index (κ1) is 23.0. The molecule has 174 valence electrons. The van der Waals surface area contributed by atoms with Crippen LogP contribution in [-0.2, 0) is 20.4 Å². The lowest BCUT2D eigenvalue weighted by atomic mass is 9.73. The van der Waals surface area contributed by atoms with Gasteiger partial charge in [0.1, 0.15) is 16.4 Å². The van der Waals surface area contributed by atoms with Crippen molar-refractivity contribution < 1.29 is 27.1 Å². The molecule has 1 saturated carbocycles. The average molecular weight is 495 g/mol. The molecule has 9 nitrogen and oxygen atoms in total. The van der Waals surface area contributed by atoms with Crippen LogP contribution in [-0.4, -0.2) is 36.5 Å². The van der Waals surface area contributed by atoms with Crippen LogP contribution in [0.15, 0.2) is 54.5 Å². The van der Waals surface area contributed by atoms with Crippen LogP contribution in [0.4, 0.5) is 9.18 Å². The van der Waals surface area contributed by atoms with Gasteiger partial charge in [-0.15, -0.1) is 0 Å². The molecule has 2 aromatic rings. The van der Waals surface area contributed by atoms with E-state index in [-0.39, 0.29) is 30.2 Å². The van der Waals surface area contributed by atoms with E-state index in [0.29, 0.717) is 11.1 Å². The molecule has 4 rings (SSSR count). The molecule has 33 heavy (non-hydrogen) atoms. The molecule has 0 aliphatic heterocycles. The molecule has 1 unspecified atom stereocenters. The zero-order valence-electron chi connectivity index (χ0n) is 17.4. The number of amides is 2. The Balaban J connectivity index is 1.88. The smallest absolute Gasteiger partial charge is 0.390 e. The number of carbonyl (C=O) groups is 2. The summed E-state index contributed by atoms with van der Waals surface area (Å²) < 4.78 is 47.4. The van der Waals surface area contributed by atoms with E-state index in [2.05, 4.69) is 5.10 Å². The third-order valence-corrected chi connectivity index (χ3v) is 6.69. The normalized spacial score (nSPS) is 21.5. The fourth-order valence-corrected chi connectivity index (χ4v) is 4.98. The van der Waals surface area contributed by atoms with Gasteiger partial charge in [0.05, 0.1) is 17.9 Å². The standard InChI is InChI=1S/C21H20ClFN4O5S/c1-33(30,31)26-18(28)20(9-10-20)21(27-17(32-19(24)29)15(22)12-25-27)8-7-14(16(23)11-21)13-5-3-2-4-6-13/h2-8,12H,9-11H2,1H3,(H2,24,29)(H,26,28). The second-order valence-electron chi connectivity index (χ2n) is 8.03. The molecule has 1 aromatic carbocycles. The lowest BCUT2D eigenvalue weighted by Crippen LogP contribution is -2.51. The summed E-state index contributed by atoms with van der Waals surface area (Å²) in [6, 6.07) is 8.80. The first-order valence-corrected chi connectivity index (χ1v) is 12.1. The summed E-state index contributed by atoms with van der Waals surface area (Å²) in [6.45, 7) is 0. The molecule has 0 radical (unpaired) electrons. The van der Waals surface area contributed by atoms with Crippen molar-refractivity contribution in [3.8, 4) is 5.88 Å². The van der Waals surface area contributed by atoms with Gasteiger partial charge in [-0.2, -0.15) is 5.10 Å². The largest absolute Gasteiger partial charge is 0.411 e. The van der Waals surface area contributed by atoms with Crippen LogP contribution < -0.4 is 15.2 Å². The topological polar surface area (TPSA) is 133 Å². The van der Waals surface area contributed by atoms with E-state index in [9.17, 15) is 18.0 Å². The molecule has 2 aliphatic carbocycles. The fourth-order valence-electron chi connectivity index (χ4n) is 4.29. The van der Waals surface area contributed by atoms with Gasteiger partial charge in [-0.1, -0.05) is 54.1 Å². The van der Waals surface area contributed by atoms with Gasteiger partial charge in [0, 0.05) is 12.0 Å². The third-order valence-electron chi connectivity index (χ3n) is 5.88. The van der Waals surface area contributed by atoms with E-state index in [1.807, 2.05) is 4.72 Å². The molecule has 0 spiro atoms. The van der Waals surface area contributed by atoms with Gasteiger partial charge >= 0.3 is 6.09 Å². The van der Waals surface area contributed by atoms with Crippen molar-refractivity contribution in [1.82, 2.24) is 14.5 Å². The zero-order valence-corrected chi connectivity index (χ0v) is 19.0. The molecule has 3 N–H and O–H groups in total. The van der Waals surface area contributed by atoms with Crippen molar-refractivity contribution in [3.05, 3.63) is 65.1 Å². The maximum Gasteiger partial charge on any atom is 0.411 e. The minimum atomic E-state index is -3.90. The van der Waals surface area contributed by atoms with Crippen molar-refractivity contribution in [2.24, 2.45) is 11.1 Å². The van der Waals surface area contributed by atoms with Crippen LogP contribution in [0, 0.1) is 5.41 Å². The predicted molar refractivity (Wildman–Crippen MR) is 118 cm³/mol. The molecule has 1 heterocycles. The van der Waals surface area contributed by atoms with Gasteiger partial charge in [0.15, 0.2) is 0 Å². The first-order chi connectivity index (χ1) is 15.5. The Morgan fingerprint density at radius 1 is 1.27 bits per heavy atom. The van der Waals surface area contributed by atoms with Crippen LogP contribution in [0.25, 0.3) is 5.57 Å². The number of benzene rings is 1. The maximum atomic E-state index is 15.6. The molecular weight excluding hydrogens is 475 g/mol. The molecule has 1 atom stereocenters. The molecule has 0 saturated heterocycles. The summed E-state index contributed by atoms with van der Waals surface area (Å²) in [6.07, 6.45) is 4.04. The van der Waals surface area contributed by atoms with E-state index < -0.39 is 38.8 Å². The molecule has 2 amide bonds. The Morgan fingerprint density at radius 3 is 2.48 bits per heavy atom. The highest BCUT2D eigenvalue weighted by Gasteiger charge is 2.67. The number of sulfonamides is 1. The van der Waals surface area contributed by atoms with Gasteiger partial charge in [-0.3, -0.25) is 9.52 Å². The Bertz CT molecular complexity index is 1300. The number of primary amides is 1. The van der Waals surface area contributed by atoms with E-state index >= 15 is 4.39 Å². The van der Waals surface area contributed by atoms with Crippen molar-refractivity contribution in [2.75, 3.05) is 6.26 Å². The zero-order chi connectivity index (χ0) is 24.0. The van der Waals surface area contributed by atoms with E-state index in [1.165, 1.54) is 12.3 Å². The van der Waals surface area contributed by atoms with Crippen LogP contribution in [0.2, 0.25) is 5.02 Å². The molecule has 0 bridgehead atoms. The monoisotopic (exact) mass is 494 g/mol. The highest BCUT2D eigenvalue weighted by atomic mass is 35.5. The lowest BCUT2D eigenvalue weighted by Gasteiger charge is -2.40. The van der Waals surface area contributed by atoms with Crippen molar-refractivity contribution in [3.63, 3.8) is 0 Å². The van der Waals surface area contributed by atoms with E-state index in [1.54, 1.807) is 36.4 Å². The molecular formula is C21H20ClFN4O5S. The summed E-state index contributed by atoms with van der Waals surface area (Å²) in [4.78, 5) is 24.6. The lowest BCUT2D eigenvalue weighted by molar-refractivity contribution is -0.128. The highest BCUT2D eigenvalue weighted by Crippen LogP contribution is 2.63. The van der Waals surface area contributed by atoms with Gasteiger partial charge in [-0.05, 0) is 18.4 Å². The summed E-state index contributed by atoms with van der Waals surface area (Å²) in [5.41, 5.74) is 3.15. The van der Waals surface area contributed by atoms with Gasteiger partial charge in [0.2, 0.25) is 21.8 Å². The predicted octanol–water partition coefficient (Wildman–Crippen LogP) is 2.89. The summed E-state index contributed by atoms with van der Waals surface area (Å²) in [5.74, 6) is -1.65. The Hall–Kier alpha value is -3.18. The van der Waals surface area contributed by atoms with Crippen molar-refractivity contribution in [2.45, 2.75) is 24.8 Å². The number of aromatic nitrogens is 2. The van der Waals surface area contributed by atoms with Crippen molar-refractivity contribution in [1.29, 1.82) is 0 Å². The number of carbonyl (C=O) groups excluding carboxylic acids is 2. The Kier molecular flexibility index (Phi) is 5.57. The summed E-state index contributed by atoms with van der Waals surface area (Å²) in [7, 11) is -3.90. The van der Waals surface area contributed by atoms with Gasteiger partial charge in [0.25, 0.3) is 0 Å². The number of nitrogens with two attached hydrogens (primary N) is 1. The van der Waals surface area contributed by atoms with Gasteiger partial charge < -0.3 is 10.5 Å². The van der Waals surface area contributed by atoms with Crippen LogP contribution in [0.1, 0.15) is 24.8 Å². The average Bonchev–Trinajstić information content (AvgIpc) is 3.48. The number of halogens is 2. The summed E-state index contributed by atoms with van der Waals surface area (Å²) in [5, 5.41) is 4.08. The Labute approximate surface area is 194 Å². The van der Waals surface area contributed by atoms with E-state index in [4.69, 9.17) is 22.1 Å². The quantitative estimate of drug-likeness (QED) is 0.634. The van der Waals surface area contributed by atoms with Crippen LogP contribution >= 0.6 is 11.6 Å². The number of allylic oxidation sites excluding steroid dienone is 4. The number of hydrogen-bond acceptors (Lipinski definition) is 6. The number of ether oxygens (including phenoxy) is 1. The summed E-state index contributed by atoms with van der Waals surface area (Å²) >= 11 is 6.15. The minimum Gasteiger partial charge on any atom is -0.390 e.